The van der Waals surface area contributed by atoms with Gasteiger partial charge in [-0.25, -0.2) is 21.2 Å². The highest BCUT2D eigenvalue weighted by atomic mass is 32.2. The molecule has 5 aromatic rings. The molecule has 0 saturated heterocycles. The lowest BCUT2D eigenvalue weighted by molar-refractivity contribution is 0.0962. The Hall–Kier alpha value is -4.70. The third kappa shape index (κ3) is 4.27. The molecule has 0 fully saturated rings. The molecule has 184 valence electrons. The molecule has 0 radical (unpaired) electrons. The first kappa shape index (κ1) is 24.0. The molecular formula is C27H17F2N3O4S. The van der Waals surface area contributed by atoms with Crippen LogP contribution in [0.2, 0.25) is 0 Å². The van der Waals surface area contributed by atoms with Gasteiger partial charge in [0.05, 0.1) is 17.0 Å². The molecule has 5 rings (SSSR count). The molecule has 0 unspecified atom stereocenters. The molecule has 3 aromatic heterocycles. The Kier molecular flexibility index (Phi) is 6.10. The van der Waals surface area contributed by atoms with E-state index in [1.54, 1.807) is 6.07 Å². The number of carbonyl (C=O) groups excluding carboxylic acids is 2. The van der Waals surface area contributed by atoms with Gasteiger partial charge < -0.3 is 0 Å². The van der Waals surface area contributed by atoms with E-state index < -0.39 is 27.6 Å². The monoisotopic (exact) mass is 517 g/mol. The van der Waals surface area contributed by atoms with Gasteiger partial charge in [-0.15, -0.1) is 0 Å². The third-order valence-corrected chi connectivity index (χ3v) is 7.38. The molecule has 10 heteroatoms. The highest BCUT2D eigenvalue weighted by molar-refractivity contribution is 7.90. The van der Waals surface area contributed by atoms with Crippen LogP contribution in [-0.4, -0.2) is 34.1 Å². The van der Waals surface area contributed by atoms with Crippen molar-refractivity contribution in [3.8, 4) is 22.5 Å². The summed E-state index contributed by atoms with van der Waals surface area (Å²) in [6.07, 6.45) is 5.35. The summed E-state index contributed by atoms with van der Waals surface area (Å²) in [5.74, 6) is -2.06. The standard InChI is InChI=1S/C27H17F2N3O4S/c28-23-9-3-1-7-21(23)25-12-18(17-33)15-31(25)27(34)19-13-26(22-8-2-4-10-24(22)29)32(16-19)37(35,36)20-6-5-11-30-14-20/h1-17H. The number of nitrogens with zero attached hydrogens (tertiary/aromatic N) is 3. The first-order valence-corrected chi connectivity index (χ1v) is 12.4. The van der Waals surface area contributed by atoms with E-state index in [9.17, 15) is 26.8 Å². The Morgan fingerprint density at radius 3 is 2.08 bits per heavy atom. The molecule has 0 aliphatic heterocycles. The summed E-state index contributed by atoms with van der Waals surface area (Å²) in [5.41, 5.74) is 0.00541. The topological polar surface area (TPSA) is 91.0 Å². The number of aromatic nitrogens is 3. The zero-order valence-electron chi connectivity index (χ0n) is 19.0. The molecule has 0 amide bonds. The van der Waals surface area contributed by atoms with Crippen LogP contribution in [0.4, 0.5) is 8.78 Å². The van der Waals surface area contributed by atoms with Gasteiger partial charge in [0.25, 0.3) is 15.9 Å². The quantitative estimate of drug-likeness (QED) is 0.295. The van der Waals surface area contributed by atoms with Crippen LogP contribution in [0, 0.1) is 11.6 Å². The van der Waals surface area contributed by atoms with E-state index >= 15 is 0 Å². The Labute approximate surface area is 210 Å². The van der Waals surface area contributed by atoms with Crippen LogP contribution in [0.1, 0.15) is 20.7 Å². The zero-order chi connectivity index (χ0) is 26.2. The van der Waals surface area contributed by atoms with Gasteiger partial charge in [-0.3, -0.25) is 19.1 Å². The minimum absolute atomic E-state index is 0.0515. The largest absolute Gasteiger partial charge is 0.298 e. The smallest absolute Gasteiger partial charge is 0.269 e. The lowest BCUT2D eigenvalue weighted by atomic mass is 10.1. The summed E-state index contributed by atoms with van der Waals surface area (Å²) < 4.78 is 58.2. The van der Waals surface area contributed by atoms with Crippen molar-refractivity contribution in [3.05, 3.63) is 120 Å². The molecule has 0 aliphatic rings. The van der Waals surface area contributed by atoms with E-state index in [-0.39, 0.29) is 38.5 Å². The maximum atomic E-state index is 14.8. The lowest BCUT2D eigenvalue weighted by Crippen LogP contribution is -2.15. The first-order chi connectivity index (χ1) is 17.8. The van der Waals surface area contributed by atoms with Crippen LogP contribution >= 0.6 is 0 Å². The van der Waals surface area contributed by atoms with Crippen LogP contribution in [0.25, 0.3) is 22.5 Å². The van der Waals surface area contributed by atoms with Crippen LogP contribution in [0.5, 0.6) is 0 Å². The Balaban J connectivity index is 1.72. The second-order valence-corrected chi connectivity index (χ2v) is 9.83. The molecule has 0 saturated carbocycles. The molecular weight excluding hydrogens is 500 g/mol. The minimum Gasteiger partial charge on any atom is -0.298 e. The number of halogens is 2. The number of carbonyl (C=O) groups is 2. The van der Waals surface area contributed by atoms with E-state index in [4.69, 9.17) is 0 Å². The van der Waals surface area contributed by atoms with Crippen molar-refractivity contribution >= 4 is 22.2 Å². The maximum absolute atomic E-state index is 14.8. The van der Waals surface area contributed by atoms with Gasteiger partial charge in [-0.1, -0.05) is 24.3 Å². The van der Waals surface area contributed by atoms with Crippen LogP contribution in [0.15, 0.2) is 102 Å². The van der Waals surface area contributed by atoms with Crippen molar-refractivity contribution in [2.75, 3.05) is 0 Å². The average Bonchev–Trinajstić information content (AvgIpc) is 3.55. The van der Waals surface area contributed by atoms with Gasteiger partial charge >= 0.3 is 0 Å². The van der Waals surface area contributed by atoms with Gasteiger partial charge in [0.2, 0.25) is 0 Å². The molecule has 0 N–H and O–H groups in total. The van der Waals surface area contributed by atoms with E-state index in [1.807, 2.05) is 0 Å². The maximum Gasteiger partial charge on any atom is 0.269 e. The fourth-order valence-corrected chi connectivity index (χ4v) is 5.30. The highest BCUT2D eigenvalue weighted by Crippen LogP contribution is 2.31. The summed E-state index contributed by atoms with van der Waals surface area (Å²) >= 11 is 0. The molecule has 7 nitrogen and oxygen atoms in total. The van der Waals surface area contributed by atoms with E-state index in [1.165, 1.54) is 79.1 Å². The van der Waals surface area contributed by atoms with Crippen molar-refractivity contribution in [3.63, 3.8) is 0 Å². The van der Waals surface area contributed by atoms with Crippen molar-refractivity contribution in [1.29, 1.82) is 0 Å². The van der Waals surface area contributed by atoms with Crippen LogP contribution in [-0.2, 0) is 10.0 Å². The molecule has 0 spiro atoms. The molecule has 0 atom stereocenters. The molecule has 0 bridgehead atoms. The highest BCUT2D eigenvalue weighted by Gasteiger charge is 2.27. The van der Waals surface area contributed by atoms with Crippen molar-refractivity contribution < 1.29 is 26.8 Å². The fourth-order valence-electron chi connectivity index (χ4n) is 3.97. The van der Waals surface area contributed by atoms with E-state index in [0.717, 1.165) is 20.9 Å². The third-order valence-electron chi connectivity index (χ3n) is 5.72. The Morgan fingerprint density at radius 2 is 1.49 bits per heavy atom. The second-order valence-electron chi connectivity index (χ2n) is 8.01. The van der Waals surface area contributed by atoms with Gasteiger partial charge in [0.1, 0.15) is 16.5 Å². The van der Waals surface area contributed by atoms with Crippen LogP contribution in [0.3, 0.4) is 0 Å². The molecule has 37 heavy (non-hydrogen) atoms. The molecule has 2 aromatic carbocycles. The second kappa shape index (κ2) is 9.40. The molecule has 3 heterocycles. The zero-order valence-corrected chi connectivity index (χ0v) is 19.8. The first-order valence-electron chi connectivity index (χ1n) is 10.9. The van der Waals surface area contributed by atoms with Gasteiger partial charge in [-0.2, -0.15) is 0 Å². The summed E-state index contributed by atoms with van der Waals surface area (Å²) in [6.45, 7) is 0. The Bertz CT molecular complexity index is 1760. The normalized spacial score (nSPS) is 11.4. The van der Waals surface area contributed by atoms with E-state index in [2.05, 4.69) is 4.98 Å². The Morgan fingerprint density at radius 1 is 0.838 bits per heavy atom. The number of hydrogen-bond acceptors (Lipinski definition) is 5. The summed E-state index contributed by atoms with van der Waals surface area (Å²) in [6, 6.07) is 16.6. The fraction of sp³-hybridized carbons (Fsp3) is 0. The van der Waals surface area contributed by atoms with Gasteiger partial charge in [-0.05, 0) is 48.5 Å². The number of aldehydes is 1. The minimum atomic E-state index is -4.29. The SMILES string of the molecule is O=Cc1cc(-c2ccccc2F)n(C(=O)c2cc(-c3ccccc3F)n(S(=O)(=O)c3cccnc3)c2)c1. The van der Waals surface area contributed by atoms with Crippen molar-refractivity contribution in [2.24, 2.45) is 0 Å². The van der Waals surface area contributed by atoms with Gasteiger partial charge in [0.15, 0.2) is 6.29 Å². The van der Waals surface area contributed by atoms with Crippen molar-refractivity contribution in [1.82, 2.24) is 13.5 Å². The summed E-state index contributed by atoms with van der Waals surface area (Å²) in [7, 11) is -4.29. The average molecular weight is 518 g/mol. The van der Waals surface area contributed by atoms with Crippen molar-refractivity contribution in [2.45, 2.75) is 4.90 Å². The number of pyridine rings is 1. The predicted octanol–water partition coefficient (Wildman–Crippen LogP) is 5.03. The summed E-state index contributed by atoms with van der Waals surface area (Å²) in [4.78, 5) is 28.8. The molecule has 0 aliphatic carbocycles. The lowest BCUT2D eigenvalue weighted by Gasteiger charge is -2.10. The van der Waals surface area contributed by atoms with Crippen LogP contribution < -0.4 is 0 Å². The van der Waals surface area contributed by atoms with Gasteiger partial charge in [0, 0.05) is 41.5 Å². The number of rotatable bonds is 6. The summed E-state index contributed by atoms with van der Waals surface area (Å²) in [5, 5.41) is 0. The number of hydrogen-bond donors (Lipinski definition) is 0. The van der Waals surface area contributed by atoms with E-state index in [0.29, 0.717) is 6.29 Å². The number of benzene rings is 2. The predicted molar refractivity (Wildman–Crippen MR) is 132 cm³/mol.